The van der Waals surface area contributed by atoms with Crippen LogP contribution in [0.2, 0.25) is 0 Å². The Morgan fingerprint density at radius 3 is 2.83 bits per heavy atom. The Kier molecular flexibility index (Phi) is 2.97. The van der Waals surface area contributed by atoms with E-state index in [2.05, 4.69) is 28.1 Å². The molecule has 1 aliphatic heterocycles. The average Bonchev–Trinajstić information content (AvgIpc) is 3.06. The molecule has 1 unspecified atom stereocenters. The quantitative estimate of drug-likeness (QED) is 0.772. The van der Waals surface area contributed by atoms with Crippen LogP contribution >= 0.6 is 0 Å². The Bertz CT molecular complexity index is 543. The van der Waals surface area contributed by atoms with Gasteiger partial charge < -0.3 is 20.7 Å². The number of nitrogens with one attached hydrogen (secondary N) is 1. The van der Waals surface area contributed by atoms with Crippen LogP contribution in [0.1, 0.15) is 24.5 Å². The predicted octanol–water partition coefficient (Wildman–Crippen LogP) is 1.76. The molecule has 1 aromatic carbocycles. The van der Waals surface area contributed by atoms with Gasteiger partial charge >= 0.3 is 0 Å². The summed E-state index contributed by atoms with van der Waals surface area (Å²) >= 11 is 0. The summed E-state index contributed by atoms with van der Waals surface area (Å²) in [6.45, 7) is 2.51. The number of nitrogens with two attached hydrogens (primary N) is 1. The minimum Gasteiger partial charge on any atom is -0.387 e. The van der Waals surface area contributed by atoms with Gasteiger partial charge in [-0.05, 0) is 31.0 Å². The molecule has 4 heteroatoms. The first-order valence-corrected chi connectivity index (χ1v) is 6.53. The number of aliphatic hydroxyl groups is 1. The zero-order valence-electron chi connectivity index (χ0n) is 10.4. The number of hydrogen-bond acceptors (Lipinski definition) is 3. The number of aliphatic hydroxyl groups excluding tert-OH is 1. The van der Waals surface area contributed by atoms with Crippen molar-refractivity contribution >= 4 is 16.6 Å². The van der Waals surface area contributed by atoms with Gasteiger partial charge in [0.1, 0.15) is 0 Å². The zero-order chi connectivity index (χ0) is 12.5. The fraction of sp³-hybridized carbons (Fsp3) is 0.429. The Labute approximate surface area is 106 Å². The maximum absolute atomic E-state index is 9.91. The second-order valence-corrected chi connectivity index (χ2v) is 4.92. The van der Waals surface area contributed by atoms with E-state index in [1.54, 1.807) is 0 Å². The summed E-state index contributed by atoms with van der Waals surface area (Å²) in [5, 5.41) is 11.0. The Balaban J connectivity index is 2.03. The molecule has 0 radical (unpaired) electrons. The number of hydrogen-bond donors (Lipinski definition) is 3. The number of H-pyrrole nitrogens is 1. The second kappa shape index (κ2) is 4.63. The predicted molar refractivity (Wildman–Crippen MR) is 73.8 cm³/mol. The van der Waals surface area contributed by atoms with Gasteiger partial charge in [0.05, 0.1) is 6.10 Å². The summed E-state index contributed by atoms with van der Waals surface area (Å²) in [7, 11) is 0. The highest BCUT2D eigenvalue weighted by molar-refractivity contribution is 5.87. The van der Waals surface area contributed by atoms with Gasteiger partial charge in [-0.3, -0.25) is 0 Å². The van der Waals surface area contributed by atoms with Crippen molar-refractivity contribution in [2.75, 3.05) is 24.5 Å². The molecule has 1 aliphatic rings. The maximum atomic E-state index is 9.91. The minimum absolute atomic E-state index is 0.251. The summed E-state index contributed by atoms with van der Waals surface area (Å²) in [6.07, 6.45) is 3.80. The van der Waals surface area contributed by atoms with Gasteiger partial charge in [0.2, 0.25) is 0 Å². The van der Waals surface area contributed by atoms with E-state index in [4.69, 9.17) is 5.73 Å². The van der Waals surface area contributed by atoms with Crippen LogP contribution in [0.4, 0.5) is 5.69 Å². The molecule has 0 amide bonds. The van der Waals surface area contributed by atoms with Crippen LogP contribution in [-0.2, 0) is 0 Å². The van der Waals surface area contributed by atoms with Crippen molar-refractivity contribution in [1.82, 2.24) is 4.98 Å². The number of rotatable bonds is 3. The highest BCUT2D eigenvalue weighted by atomic mass is 16.3. The van der Waals surface area contributed by atoms with Gasteiger partial charge in [-0.2, -0.15) is 0 Å². The number of benzene rings is 1. The van der Waals surface area contributed by atoms with E-state index in [0.29, 0.717) is 0 Å². The summed E-state index contributed by atoms with van der Waals surface area (Å²) in [5.41, 5.74) is 8.73. The summed E-state index contributed by atoms with van der Waals surface area (Å²) in [6, 6.07) is 6.38. The number of anilines is 1. The van der Waals surface area contributed by atoms with Crippen molar-refractivity contribution in [1.29, 1.82) is 0 Å². The molecule has 1 saturated heterocycles. The Morgan fingerprint density at radius 2 is 2.11 bits per heavy atom. The number of fused-ring (bicyclic) bond motifs is 1. The fourth-order valence-corrected chi connectivity index (χ4v) is 2.70. The molecular formula is C14H19N3O. The van der Waals surface area contributed by atoms with Crippen molar-refractivity contribution in [2.24, 2.45) is 5.73 Å². The number of aromatic nitrogens is 1. The maximum Gasteiger partial charge on any atom is 0.0932 e. The third-order valence-electron chi connectivity index (χ3n) is 3.75. The summed E-state index contributed by atoms with van der Waals surface area (Å²) in [5.74, 6) is 0. The third-order valence-corrected chi connectivity index (χ3v) is 3.75. The Hall–Kier alpha value is -1.52. The van der Waals surface area contributed by atoms with Crippen molar-refractivity contribution < 1.29 is 5.11 Å². The van der Waals surface area contributed by atoms with Gasteiger partial charge in [-0.1, -0.05) is 0 Å². The first-order valence-electron chi connectivity index (χ1n) is 6.53. The average molecular weight is 245 g/mol. The van der Waals surface area contributed by atoms with Crippen molar-refractivity contribution in [3.8, 4) is 0 Å². The fourth-order valence-electron chi connectivity index (χ4n) is 2.70. The van der Waals surface area contributed by atoms with Gasteiger partial charge in [0.25, 0.3) is 0 Å². The van der Waals surface area contributed by atoms with Gasteiger partial charge in [-0.25, -0.2) is 0 Å². The van der Waals surface area contributed by atoms with Crippen LogP contribution in [0.5, 0.6) is 0 Å². The van der Waals surface area contributed by atoms with E-state index in [0.717, 1.165) is 29.6 Å². The molecule has 18 heavy (non-hydrogen) atoms. The smallest absolute Gasteiger partial charge is 0.0932 e. The molecule has 1 aromatic heterocycles. The van der Waals surface area contributed by atoms with Crippen LogP contribution in [0.3, 0.4) is 0 Å². The molecule has 2 heterocycles. The first-order chi connectivity index (χ1) is 8.79. The molecule has 0 bridgehead atoms. The van der Waals surface area contributed by atoms with Gasteiger partial charge in [0, 0.05) is 48.0 Å². The van der Waals surface area contributed by atoms with E-state index in [-0.39, 0.29) is 6.54 Å². The Morgan fingerprint density at radius 1 is 1.33 bits per heavy atom. The van der Waals surface area contributed by atoms with E-state index >= 15 is 0 Å². The molecule has 4 N–H and O–H groups in total. The highest BCUT2D eigenvalue weighted by Gasteiger charge is 2.15. The zero-order valence-corrected chi connectivity index (χ0v) is 10.4. The number of aromatic amines is 1. The molecule has 4 nitrogen and oxygen atoms in total. The molecule has 2 aromatic rings. The topological polar surface area (TPSA) is 65.3 Å². The highest BCUT2D eigenvalue weighted by Crippen LogP contribution is 2.29. The largest absolute Gasteiger partial charge is 0.387 e. The van der Waals surface area contributed by atoms with E-state index < -0.39 is 6.10 Å². The van der Waals surface area contributed by atoms with Crippen molar-refractivity contribution in [2.45, 2.75) is 18.9 Å². The minimum atomic E-state index is -0.590. The lowest BCUT2D eigenvalue weighted by Gasteiger charge is -2.18. The lowest BCUT2D eigenvalue weighted by atomic mass is 10.1. The first kappa shape index (κ1) is 11.6. The van der Waals surface area contributed by atoms with Crippen LogP contribution in [0, 0.1) is 0 Å². The molecule has 0 saturated carbocycles. The molecule has 1 fully saturated rings. The third kappa shape index (κ3) is 1.87. The molecular weight excluding hydrogens is 226 g/mol. The van der Waals surface area contributed by atoms with E-state index in [1.165, 1.54) is 18.5 Å². The van der Waals surface area contributed by atoms with Crippen LogP contribution in [0.15, 0.2) is 24.4 Å². The van der Waals surface area contributed by atoms with Crippen molar-refractivity contribution in [3.05, 3.63) is 30.0 Å². The SMILES string of the molecule is NCC(O)c1c[nH]c2ccc(N3CCCC3)cc12. The van der Waals surface area contributed by atoms with Crippen LogP contribution in [0.25, 0.3) is 10.9 Å². The normalized spacial score (nSPS) is 17.6. The van der Waals surface area contributed by atoms with E-state index in [1.807, 2.05) is 6.20 Å². The number of nitrogens with zero attached hydrogens (tertiary/aromatic N) is 1. The lowest BCUT2D eigenvalue weighted by molar-refractivity contribution is 0.188. The standard InChI is InChI=1S/C14H19N3O/c15-8-14(18)12-9-16-13-4-3-10(7-11(12)13)17-5-1-2-6-17/h3-4,7,9,14,16,18H,1-2,5-6,8,15H2. The van der Waals surface area contributed by atoms with Gasteiger partial charge in [-0.15, -0.1) is 0 Å². The monoisotopic (exact) mass is 245 g/mol. The second-order valence-electron chi connectivity index (χ2n) is 4.92. The van der Waals surface area contributed by atoms with Crippen LogP contribution < -0.4 is 10.6 Å². The lowest BCUT2D eigenvalue weighted by Crippen LogP contribution is -2.17. The van der Waals surface area contributed by atoms with E-state index in [9.17, 15) is 5.11 Å². The van der Waals surface area contributed by atoms with Gasteiger partial charge in [0.15, 0.2) is 0 Å². The summed E-state index contributed by atoms with van der Waals surface area (Å²) < 4.78 is 0. The van der Waals surface area contributed by atoms with Crippen LogP contribution in [-0.4, -0.2) is 29.7 Å². The summed E-state index contributed by atoms with van der Waals surface area (Å²) in [4.78, 5) is 5.58. The molecule has 96 valence electrons. The van der Waals surface area contributed by atoms with Crippen molar-refractivity contribution in [3.63, 3.8) is 0 Å². The molecule has 3 rings (SSSR count). The molecule has 0 spiro atoms. The molecule has 0 aliphatic carbocycles. The molecule has 1 atom stereocenters.